The molecule has 8 nitrogen and oxygen atoms in total. The Balaban J connectivity index is 1.28. The van der Waals surface area contributed by atoms with E-state index in [-0.39, 0.29) is 17.9 Å². The summed E-state index contributed by atoms with van der Waals surface area (Å²) in [5.41, 5.74) is 5.92. The van der Waals surface area contributed by atoms with Crippen molar-refractivity contribution in [1.29, 1.82) is 5.26 Å². The monoisotopic (exact) mass is 461 g/mol. The van der Waals surface area contributed by atoms with Gasteiger partial charge in [-0.05, 0) is 68.1 Å². The minimum atomic E-state index is -0.117. The second-order valence-corrected chi connectivity index (χ2v) is 9.06. The summed E-state index contributed by atoms with van der Waals surface area (Å²) in [6.45, 7) is 2.09. The highest BCUT2D eigenvalue weighted by Gasteiger charge is 2.31. The molecule has 0 spiro atoms. The molecule has 3 heterocycles. The summed E-state index contributed by atoms with van der Waals surface area (Å²) in [7, 11) is 0. The van der Waals surface area contributed by atoms with Crippen LogP contribution in [0.15, 0.2) is 67.0 Å². The summed E-state index contributed by atoms with van der Waals surface area (Å²) < 4.78 is 4.20. The average molecular weight is 462 g/mol. The molecule has 8 heteroatoms. The molecule has 2 aromatic carbocycles. The Labute approximate surface area is 201 Å². The standard InChI is InChI=1S/C27H23N7O/c1-17-4-2-3-5-22(17)33-13-12-23-26(33)29-16-24-31-32-25(34(23)24)20-10-11-21(14-20)30-27(35)19-8-6-18(15-28)7-9-19/h2-9,12-13,16,20-21H,10-11,14H2,1H3,(H,30,35)/t20-,21+/m1/s1. The lowest BCUT2D eigenvalue weighted by Gasteiger charge is -2.13. The number of aromatic nitrogens is 5. The molecule has 5 aromatic rings. The largest absolute Gasteiger partial charge is 0.349 e. The van der Waals surface area contributed by atoms with Crippen LogP contribution in [0.4, 0.5) is 0 Å². The lowest BCUT2D eigenvalue weighted by molar-refractivity contribution is 0.0937. The number of benzene rings is 2. The molecule has 1 aliphatic rings. The number of carbonyl (C=O) groups excluding carboxylic acids is 1. The average Bonchev–Trinajstić information content (AvgIpc) is 3.62. The number of rotatable bonds is 4. The number of hydrogen-bond donors (Lipinski definition) is 1. The van der Waals surface area contributed by atoms with Crippen LogP contribution >= 0.6 is 0 Å². The fraction of sp³-hybridized carbons (Fsp3) is 0.222. The van der Waals surface area contributed by atoms with Crippen LogP contribution < -0.4 is 5.32 Å². The van der Waals surface area contributed by atoms with E-state index in [1.165, 1.54) is 5.56 Å². The highest BCUT2D eigenvalue weighted by Crippen LogP contribution is 2.35. The van der Waals surface area contributed by atoms with E-state index < -0.39 is 0 Å². The van der Waals surface area contributed by atoms with Gasteiger partial charge in [0.2, 0.25) is 0 Å². The van der Waals surface area contributed by atoms with Crippen LogP contribution in [-0.2, 0) is 0 Å². The molecule has 1 aliphatic carbocycles. The zero-order valence-corrected chi connectivity index (χ0v) is 19.2. The third-order valence-electron chi connectivity index (χ3n) is 6.88. The molecule has 172 valence electrons. The molecule has 0 radical (unpaired) electrons. The zero-order chi connectivity index (χ0) is 23.9. The van der Waals surface area contributed by atoms with Crippen LogP contribution in [0.5, 0.6) is 0 Å². The van der Waals surface area contributed by atoms with Crippen LogP contribution in [-0.4, -0.2) is 36.1 Å². The molecule has 0 bridgehead atoms. The Morgan fingerprint density at radius 3 is 2.71 bits per heavy atom. The van der Waals surface area contributed by atoms with Crippen LogP contribution in [0.25, 0.3) is 22.5 Å². The Hall–Kier alpha value is -4.51. The minimum absolute atomic E-state index is 0.0596. The molecule has 0 aliphatic heterocycles. The third-order valence-corrected chi connectivity index (χ3v) is 6.88. The van der Waals surface area contributed by atoms with Crippen molar-refractivity contribution in [3.05, 3.63) is 89.5 Å². The fourth-order valence-electron chi connectivity index (χ4n) is 5.08. The van der Waals surface area contributed by atoms with Crippen LogP contribution in [0.2, 0.25) is 0 Å². The van der Waals surface area contributed by atoms with Crippen molar-refractivity contribution in [2.45, 2.75) is 38.1 Å². The smallest absolute Gasteiger partial charge is 0.251 e. The Morgan fingerprint density at radius 1 is 1.09 bits per heavy atom. The number of hydrogen-bond acceptors (Lipinski definition) is 5. The lowest BCUT2D eigenvalue weighted by atomic mass is 10.1. The first kappa shape index (κ1) is 21.1. The topological polar surface area (TPSA) is 101 Å². The maximum absolute atomic E-state index is 12.7. The molecule has 1 N–H and O–H groups in total. The van der Waals surface area contributed by atoms with Crippen molar-refractivity contribution in [2.75, 3.05) is 0 Å². The number of para-hydroxylation sites is 1. The second kappa shape index (κ2) is 8.37. The van der Waals surface area contributed by atoms with Gasteiger partial charge in [-0.1, -0.05) is 18.2 Å². The van der Waals surface area contributed by atoms with Gasteiger partial charge >= 0.3 is 0 Å². The molecule has 35 heavy (non-hydrogen) atoms. The number of aryl methyl sites for hydroxylation is 1. The molecule has 1 saturated carbocycles. The number of fused-ring (bicyclic) bond motifs is 3. The van der Waals surface area contributed by atoms with E-state index in [1.807, 2.05) is 18.3 Å². The third kappa shape index (κ3) is 3.62. The van der Waals surface area contributed by atoms with Crippen LogP contribution in [0.3, 0.4) is 0 Å². The predicted octanol–water partition coefficient (Wildman–Crippen LogP) is 4.31. The molecule has 3 aromatic heterocycles. The number of amides is 1. The summed E-state index contributed by atoms with van der Waals surface area (Å²) in [5.74, 6) is 0.974. The Kier molecular flexibility index (Phi) is 5.03. The number of nitrogens with one attached hydrogen (secondary N) is 1. The molecule has 0 unspecified atom stereocenters. The Morgan fingerprint density at radius 2 is 1.91 bits per heavy atom. The van der Waals surface area contributed by atoms with E-state index in [0.29, 0.717) is 11.1 Å². The van der Waals surface area contributed by atoms with Gasteiger partial charge in [-0.25, -0.2) is 4.98 Å². The lowest BCUT2D eigenvalue weighted by Crippen LogP contribution is -2.32. The predicted molar refractivity (Wildman–Crippen MR) is 131 cm³/mol. The molecular formula is C27H23N7O. The van der Waals surface area contributed by atoms with E-state index in [0.717, 1.165) is 47.6 Å². The van der Waals surface area contributed by atoms with Crippen molar-refractivity contribution in [3.63, 3.8) is 0 Å². The van der Waals surface area contributed by atoms with E-state index in [9.17, 15) is 4.79 Å². The number of nitrogens with zero attached hydrogens (tertiary/aromatic N) is 6. The maximum Gasteiger partial charge on any atom is 0.251 e. The van der Waals surface area contributed by atoms with Gasteiger partial charge in [0.25, 0.3) is 5.91 Å². The minimum Gasteiger partial charge on any atom is -0.349 e. The van der Waals surface area contributed by atoms with E-state index >= 15 is 0 Å². The van der Waals surface area contributed by atoms with Gasteiger partial charge < -0.3 is 5.32 Å². The van der Waals surface area contributed by atoms with Gasteiger partial charge in [0.1, 0.15) is 5.82 Å². The SMILES string of the molecule is Cc1ccccc1-n1ccc2c1ncc1nnc([C@@H]3CC[C@H](NC(=O)c4ccc(C#N)cc4)C3)n12. The maximum atomic E-state index is 12.7. The van der Waals surface area contributed by atoms with Gasteiger partial charge in [0.05, 0.1) is 23.3 Å². The highest BCUT2D eigenvalue weighted by atomic mass is 16.1. The molecular weight excluding hydrogens is 438 g/mol. The summed E-state index contributed by atoms with van der Waals surface area (Å²) in [5, 5.41) is 21.0. The summed E-state index contributed by atoms with van der Waals surface area (Å²) in [6.07, 6.45) is 6.40. The Bertz CT molecular complexity index is 1610. The van der Waals surface area contributed by atoms with Crippen LogP contribution in [0.1, 0.15) is 52.5 Å². The zero-order valence-electron chi connectivity index (χ0n) is 19.2. The molecule has 0 saturated heterocycles. The van der Waals surface area contributed by atoms with Gasteiger partial charge in [-0.15, -0.1) is 10.2 Å². The quantitative estimate of drug-likeness (QED) is 0.430. The normalized spacial score (nSPS) is 17.6. The van der Waals surface area contributed by atoms with Gasteiger partial charge in [-0.2, -0.15) is 5.26 Å². The first-order valence-electron chi connectivity index (χ1n) is 11.7. The van der Waals surface area contributed by atoms with Crippen molar-refractivity contribution >= 4 is 22.7 Å². The second-order valence-electron chi connectivity index (χ2n) is 9.06. The summed E-state index contributed by atoms with van der Waals surface area (Å²) in [4.78, 5) is 17.4. The fourth-order valence-corrected chi connectivity index (χ4v) is 5.08. The molecule has 1 amide bonds. The van der Waals surface area contributed by atoms with Crippen LogP contribution in [0, 0.1) is 18.3 Å². The van der Waals surface area contributed by atoms with Gasteiger partial charge in [-0.3, -0.25) is 13.8 Å². The summed E-state index contributed by atoms with van der Waals surface area (Å²) in [6, 6.07) is 19.1. The van der Waals surface area contributed by atoms with Gasteiger partial charge in [0, 0.05) is 29.4 Å². The van der Waals surface area contributed by atoms with Crippen molar-refractivity contribution in [1.82, 2.24) is 29.5 Å². The van der Waals surface area contributed by atoms with Crippen molar-refractivity contribution in [3.8, 4) is 11.8 Å². The van der Waals surface area contributed by atoms with E-state index in [1.54, 1.807) is 30.5 Å². The molecule has 1 fully saturated rings. The first-order chi connectivity index (χ1) is 17.1. The molecule has 2 atom stereocenters. The highest BCUT2D eigenvalue weighted by molar-refractivity contribution is 5.94. The molecule has 6 rings (SSSR count). The van der Waals surface area contributed by atoms with Crippen molar-refractivity contribution < 1.29 is 4.79 Å². The first-order valence-corrected chi connectivity index (χ1v) is 11.7. The number of nitriles is 1. The number of carbonyl (C=O) groups is 1. The van der Waals surface area contributed by atoms with E-state index in [4.69, 9.17) is 5.26 Å². The van der Waals surface area contributed by atoms with Gasteiger partial charge in [0.15, 0.2) is 11.3 Å². The van der Waals surface area contributed by atoms with Crippen molar-refractivity contribution in [2.24, 2.45) is 0 Å². The summed E-state index contributed by atoms with van der Waals surface area (Å²) >= 11 is 0. The van der Waals surface area contributed by atoms with E-state index in [2.05, 4.69) is 60.7 Å².